The Balaban J connectivity index is 2.21. The maximum atomic E-state index is 5.78. The van der Waals surface area contributed by atoms with Crippen LogP contribution in [0.3, 0.4) is 0 Å². The van der Waals surface area contributed by atoms with Crippen molar-refractivity contribution in [1.82, 2.24) is 9.55 Å². The number of hydrogen-bond acceptors (Lipinski definition) is 2. The van der Waals surface area contributed by atoms with Crippen LogP contribution in [0.5, 0.6) is 0 Å². The highest BCUT2D eigenvalue weighted by Gasteiger charge is 2.48. The third kappa shape index (κ3) is 1.24. The summed E-state index contributed by atoms with van der Waals surface area (Å²) < 4.78 is 2.36. The number of nitrogen functional groups attached to an aromatic ring is 1. The van der Waals surface area contributed by atoms with Crippen molar-refractivity contribution >= 4 is 16.7 Å². The van der Waals surface area contributed by atoms with Crippen molar-refractivity contribution < 1.29 is 0 Å². The van der Waals surface area contributed by atoms with Gasteiger partial charge in [0.05, 0.1) is 11.0 Å². The summed E-state index contributed by atoms with van der Waals surface area (Å²) >= 11 is 0. The van der Waals surface area contributed by atoms with Gasteiger partial charge in [-0.05, 0) is 37.0 Å². The molecule has 1 atom stereocenters. The maximum Gasteiger partial charge on any atom is 0.107 e. The summed E-state index contributed by atoms with van der Waals surface area (Å²) in [6, 6.07) is 6.59. The van der Waals surface area contributed by atoms with Crippen LogP contribution in [0.25, 0.3) is 11.0 Å². The van der Waals surface area contributed by atoms with E-state index < -0.39 is 0 Å². The molecule has 1 aliphatic carbocycles. The summed E-state index contributed by atoms with van der Waals surface area (Å²) in [6.07, 6.45) is 1.24. The number of nitrogens with zero attached hydrogens (tertiary/aromatic N) is 2. The minimum atomic E-state index is 0.416. The SMILES string of the molecule is Cc1nc2cc(N)ccc2n1C1CC1(C)C. The minimum Gasteiger partial charge on any atom is -0.399 e. The van der Waals surface area contributed by atoms with E-state index in [-0.39, 0.29) is 0 Å². The van der Waals surface area contributed by atoms with Gasteiger partial charge < -0.3 is 10.3 Å². The third-order valence-corrected chi connectivity index (χ3v) is 3.66. The lowest BCUT2D eigenvalue weighted by Gasteiger charge is -2.08. The van der Waals surface area contributed by atoms with Crippen molar-refractivity contribution in [2.45, 2.75) is 33.2 Å². The maximum absolute atomic E-state index is 5.78. The zero-order valence-corrected chi connectivity index (χ0v) is 9.99. The third-order valence-electron chi connectivity index (χ3n) is 3.66. The van der Waals surface area contributed by atoms with E-state index in [9.17, 15) is 0 Å². The Morgan fingerprint density at radius 1 is 1.44 bits per heavy atom. The number of fused-ring (bicyclic) bond motifs is 1. The van der Waals surface area contributed by atoms with Crippen LogP contribution in [0, 0.1) is 12.3 Å². The second-order valence-electron chi connectivity index (χ2n) is 5.49. The van der Waals surface area contributed by atoms with Crippen molar-refractivity contribution in [2.24, 2.45) is 5.41 Å². The van der Waals surface area contributed by atoms with Crippen LogP contribution in [-0.2, 0) is 0 Å². The van der Waals surface area contributed by atoms with E-state index in [0.29, 0.717) is 11.5 Å². The van der Waals surface area contributed by atoms with E-state index in [2.05, 4.69) is 36.4 Å². The van der Waals surface area contributed by atoms with Crippen LogP contribution in [0.1, 0.15) is 32.1 Å². The van der Waals surface area contributed by atoms with Crippen LogP contribution < -0.4 is 5.73 Å². The average Bonchev–Trinajstić information content (AvgIpc) is 2.67. The molecule has 3 rings (SSSR count). The molecule has 1 saturated carbocycles. The monoisotopic (exact) mass is 215 g/mol. The first-order valence-corrected chi connectivity index (χ1v) is 5.73. The first kappa shape index (κ1) is 9.70. The molecule has 1 fully saturated rings. The second kappa shape index (κ2) is 2.78. The van der Waals surface area contributed by atoms with Crippen molar-refractivity contribution in [1.29, 1.82) is 0 Å². The van der Waals surface area contributed by atoms with Crippen molar-refractivity contribution in [3.8, 4) is 0 Å². The molecule has 3 nitrogen and oxygen atoms in total. The molecule has 0 spiro atoms. The van der Waals surface area contributed by atoms with Gasteiger partial charge in [-0.15, -0.1) is 0 Å². The van der Waals surface area contributed by atoms with Crippen molar-refractivity contribution in [2.75, 3.05) is 5.73 Å². The number of anilines is 1. The molecular weight excluding hydrogens is 198 g/mol. The van der Waals surface area contributed by atoms with Crippen molar-refractivity contribution in [3.05, 3.63) is 24.0 Å². The average molecular weight is 215 g/mol. The highest BCUT2D eigenvalue weighted by Crippen LogP contribution is 2.56. The fraction of sp³-hybridized carbons (Fsp3) is 0.462. The molecule has 84 valence electrons. The lowest BCUT2D eigenvalue weighted by atomic mass is 10.2. The smallest absolute Gasteiger partial charge is 0.107 e. The zero-order chi connectivity index (χ0) is 11.5. The first-order chi connectivity index (χ1) is 7.49. The van der Waals surface area contributed by atoms with Gasteiger partial charge in [-0.25, -0.2) is 4.98 Å². The van der Waals surface area contributed by atoms with Crippen LogP contribution in [0.2, 0.25) is 0 Å². The summed E-state index contributed by atoms with van der Waals surface area (Å²) in [7, 11) is 0. The fourth-order valence-electron chi connectivity index (χ4n) is 2.51. The topological polar surface area (TPSA) is 43.8 Å². The van der Waals surface area contributed by atoms with Gasteiger partial charge in [-0.2, -0.15) is 0 Å². The summed E-state index contributed by atoms with van der Waals surface area (Å²) in [5.74, 6) is 1.09. The Hall–Kier alpha value is -1.51. The Kier molecular flexibility index (Phi) is 1.69. The lowest BCUT2D eigenvalue weighted by molar-refractivity contribution is 0.541. The molecule has 3 heteroatoms. The van der Waals surface area contributed by atoms with Gasteiger partial charge in [-0.3, -0.25) is 0 Å². The summed E-state index contributed by atoms with van der Waals surface area (Å²) in [6.45, 7) is 6.69. The largest absolute Gasteiger partial charge is 0.399 e. The van der Waals surface area contributed by atoms with Gasteiger partial charge in [-0.1, -0.05) is 13.8 Å². The molecular formula is C13H17N3. The van der Waals surface area contributed by atoms with E-state index in [4.69, 9.17) is 5.73 Å². The van der Waals surface area contributed by atoms with E-state index in [1.54, 1.807) is 0 Å². The predicted octanol–water partition coefficient (Wildman–Crippen LogP) is 2.90. The highest BCUT2D eigenvalue weighted by atomic mass is 15.1. The standard InChI is InChI=1S/C13H17N3/c1-8-15-10-6-9(14)4-5-11(10)16(8)12-7-13(12,2)3/h4-6,12H,7,14H2,1-3H3. The lowest BCUT2D eigenvalue weighted by Crippen LogP contribution is -2.02. The molecule has 1 aromatic heterocycles. The second-order valence-corrected chi connectivity index (χ2v) is 5.49. The number of aryl methyl sites for hydroxylation is 1. The molecule has 1 aromatic carbocycles. The van der Waals surface area contributed by atoms with Crippen LogP contribution in [0.15, 0.2) is 18.2 Å². The van der Waals surface area contributed by atoms with Crippen LogP contribution >= 0.6 is 0 Å². The molecule has 1 aliphatic rings. The number of imidazole rings is 1. The quantitative estimate of drug-likeness (QED) is 0.743. The summed E-state index contributed by atoms with van der Waals surface area (Å²) in [4.78, 5) is 4.58. The van der Waals surface area contributed by atoms with E-state index in [1.165, 1.54) is 11.9 Å². The Labute approximate surface area is 95.3 Å². The number of nitrogens with two attached hydrogens (primary N) is 1. The molecule has 0 bridgehead atoms. The predicted molar refractivity (Wildman–Crippen MR) is 66.3 cm³/mol. The van der Waals surface area contributed by atoms with Gasteiger partial charge in [0.25, 0.3) is 0 Å². The number of rotatable bonds is 1. The number of hydrogen-bond donors (Lipinski definition) is 1. The van der Waals surface area contributed by atoms with Gasteiger partial charge in [0, 0.05) is 11.7 Å². The Morgan fingerprint density at radius 3 is 2.75 bits per heavy atom. The normalized spacial score (nSPS) is 22.6. The van der Waals surface area contributed by atoms with Crippen molar-refractivity contribution in [3.63, 3.8) is 0 Å². The van der Waals surface area contributed by atoms with Gasteiger partial charge in [0.2, 0.25) is 0 Å². The fourth-order valence-corrected chi connectivity index (χ4v) is 2.51. The minimum absolute atomic E-state index is 0.416. The van der Waals surface area contributed by atoms with Crippen LogP contribution in [0.4, 0.5) is 5.69 Å². The van der Waals surface area contributed by atoms with E-state index in [1.807, 2.05) is 12.1 Å². The Morgan fingerprint density at radius 2 is 2.12 bits per heavy atom. The van der Waals surface area contributed by atoms with E-state index >= 15 is 0 Å². The van der Waals surface area contributed by atoms with Gasteiger partial charge in [0.1, 0.15) is 5.82 Å². The molecule has 16 heavy (non-hydrogen) atoms. The molecule has 2 N–H and O–H groups in total. The van der Waals surface area contributed by atoms with Gasteiger partial charge in [0.15, 0.2) is 0 Å². The van der Waals surface area contributed by atoms with E-state index in [0.717, 1.165) is 17.0 Å². The summed E-state index contributed by atoms with van der Waals surface area (Å²) in [5, 5.41) is 0. The molecule has 2 aromatic rings. The highest BCUT2D eigenvalue weighted by molar-refractivity contribution is 5.80. The Bertz CT molecular complexity index is 566. The molecule has 0 saturated heterocycles. The van der Waals surface area contributed by atoms with Crippen LogP contribution in [-0.4, -0.2) is 9.55 Å². The number of aromatic nitrogens is 2. The number of benzene rings is 1. The molecule has 0 aliphatic heterocycles. The molecule has 0 amide bonds. The summed E-state index contributed by atoms with van der Waals surface area (Å²) in [5.41, 5.74) is 9.20. The van der Waals surface area contributed by atoms with Gasteiger partial charge >= 0.3 is 0 Å². The molecule has 1 heterocycles. The molecule has 1 unspecified atom stereocenters. The zero-order valence-electron chi connectivity index (χ0n) is 9.99. The first-order valence-electron chi connectivity index (χ1n) is 5.73. The molecule has 0 radical (unpaired) electrons.